The van der Waals surface area contributed by atoms with E-state index in [1.807, 2.05) is 0 Å². The molecule has 0 unspecified atom stereocenters. The number of rotatable bonds is 1. The average Bonchev–Trinajstić information content (AvgIpc) is 2.82. The molecule has 0 saturated heterocycles. The highest BCUT2D eigenvalue weighted by molar-refractivity contribution is 5.99. The smallest absolute Gasteiger partial charge is 0.340 e. The fourth-order valence-electron chi connectivity index (χ4n) is 4.12. The molecule has 0 amide bonds. The number of carbonyl (C=O) groups is 2. The molecule has 150 valence electrons. The minimum atomic E-state index is -1.30. The van der Waals surface area contributed by atoms with E-state index in [0.29, 0.717) is 45.1 Å². The van der Waals surface area contributed by atoms with Gasteiger partial charge in [-0.25, -0.2) is 4.79 Å². The van der Waals surface area contributed by atoms with Crippen molar-refractivity contribution in [3.8, 4) is 11.5 Å². The van der Waals surface area contributed by atoms with E-state index >= 15 is 0 Å². The number of ether oxygens (including phenoxy) is 2. The number of nitrogens with two attached hydrogens (primary N) is 2. The van der Waals surface area contributed by atoms with Crippen LogP contribution in [-0.2, 0) is 19.9 Å². The lowest BCUT2D eigenvalue weighted by atomic mass is 9.76. The fraction of sp³-hybridized carbons (Fsp3) is 0.130. The van der Waals surface area contributed by atoms with Crippen molar-refractivity contribution in [2.45, 2.75) is 12.5 Å². The van der Waals surface area contributed by atoms with E-state index in [2.05, 4.69) is 0 Å². The van der Waals surface area contributed by atoms with E-state index in [9.17, 15) is 14.7 Å². The van der Waals surface area contributed by atoms with E-state index in [4.69, 9.17) is 20.9 Å². The van der Waals surface area contributed by atoms with Crippen LogP contribution >= 0.6 is 0 Å². The van der Waals surface area contributed by atoms with Crippen molar-refractivity contribution in [2.75, 3.05) is 11.5 Å². The summed E-state index contributed by atoms with van der Waals surface area (Å²) in [6.07, 6.45) is 6.22. The van der Waals surface area contributed by atoms with Gasteiger partial charge in [-0.2, -0.15) is 0 Å². The van der Waals surface area contributed by atoms with Crippen LogP contribution in [0.4, 0.5) is 11.4 Å². The second kappa shape index (κ2) is 5.76. The van der Waals surface area contributed by atoms with Gasteiger partial charge in [0, 0.05) is 40.2 Å². The highest BCUT2D eigenvalue weighted by Gasteiger charge is 2.54. The first-order valence-electron chi connectivity index (χ1n) is 9.32. The number of nitrogen functional groups attached to an aromatic ring is 2. The van der Waals surface area contributed by atoms with Crippen LogP contribution in [0.15, 0.2) is 71.8 Å². The molecule has 1 atom stereocenters. The molecule has 30 heavy (non-hydrogen) atoms. The lowest BCUT2D eigenvalue weighted by molar-refractivity contribution is -0.145. The molecule has 5 rings (SSSR count). The maximum atomic E-state index is 13.0. The molecule has 2 heterocycles. The first kappa shape index (κ1) is 18.1. The summed E-state index contributed by atoms with van der Waals surface area (Å²) in [6.45, 7) is 1.57. The monoisotopic (exact) mass is 402 g/mol. The van der Waals surface area contributed by atoms with Crippen LogP contribution in [0.1, 0.15) is 18.1 Å². The van der Waals surface area contributed by atoms with E-state index in [-0.39, 0.29) is 0 Å². The molecule has 5 N–H and O–H groups in total. The van der Waals surface area contributed by atoms with Crippen LogP contribution < -0.4 is 16.2 Å². The van der Waals surface area contributed by atoms with E-state index in [1.165, 1.54) is 12.2 Å². The largest absolute Gasteiger partial charge is 0.480 e. The quantitative estimate of drug-likeness (QED) is 0.494. The summed E-state index contributed by atoms with van der Waals surface area (Å²) >= 11 is 0. The summed E-state index contributed by atoms with van der Waals surface area (Å²) in [5.74, 6) is -0.686. The number of carboxylic acids is 1. The summed E-state index contributed by atoms with van der Waals surface area (Å²) in [5.41, 5.74) is 12.4. The van der Waals surface area contributed by atoms with Gasteiger partial charge in [0.15, 0.2) is 5.60 Å². The minimum absolute atomic E-state index is 0.295. The Morgan fingerprint density at radius 1 is 0.967 bits per heavy atom. The SMILES string of the molecule is C[C@]1(C(=O)O)C=CC2=C(C=C1)C1(OC2=O)c2ccc(N)cc2Oc2cc(N)ccc21. The third-order valence-corrected chi connectivity index (χ3v) is 5.78. The first-order chi connectivity index (χ1) is 14.2. The van der Waals surface area contributed by atoms with Crippen molar-refractivity contribution in [2.24, 2.45) is 5.41 Å². The Morgan fingerprint density at radius 2 is 1.53 bits per heavy atom. The highest BCUT2D eigenvalue weighted by Crippen LogP contribution is 2.57. The van der Waals surface area contributed by atoms with Crippen LogP contribution in [0, 0.1) is 5.41 Å². The van der Waals surface area contributed by atoms with Crippen LogP contribution in [0.3, 0.4) is 0 Å². The van der Waals surface area contributed by atoms with Gasteiger partial charge in [-0.1, -0.05) is 18.2 Å². The van der Waals surface area contributed by atoms with Gasteiger partial charge >= 0.3 is 11.9 Å². The summed E-state index contributed by atoms with van der Waals surface area (Å²) in [6, 6.07) is 10.2. The second-order valence-electron chi connectivity index (χ2n) is 7.77. The van der Waals surface area contributed by atoms with Crippen molar-refractivity contribution < 1.29 is 24.2 Å². The topological polar surface area (TPSA) is 125 Å². The number of hydrogen-bond donors (Lipinski definition) is 3. The number of aliphatic carboxylic acids is 1. The molecule has 0 radical (unpaired) electrons. The molecule has 2 aromatic rings. The summed E-state index contributed by atoms with van der Waals surface area (Å²) < 4.78 is 12.1. The number of anilines is 2. The summed E-state index contributed by atoms with van der Waals surface area (Å²) in [7, 11) is 0. The zero-order valence-electron chi connectivity index (χ0n) is 16.0. The van der Waals surface area contributed by atoms with E-state index in [0.717, 1.165) is 0 Å². The lowest BCUT2D eigenvalue weighted by Crippen LogP contribution is -2.34. The van der Waals surface area contributed by atoms with Crippen molar-refractivity contribution in [3.63, 3.8) is 0 Å². The van der Waals surface area contributed by atoms with Crippen LogP contribution in [0.25, 0.3) is 0 Å². The van der Waals surface area contributed by atoms with Gasteiger partial charge in [-0.15, -0.1) is 0 Å². The van der Waals surface area contributed by atoms with Gasteiger partial charge in [0.05, 0.1) is 5.57 Å². The third-order valence-electron chi connectivity index (χ3n) is 5.78. The molecule has 1 aliphatic carbocycles. The number of carboxylic acid groups (broad SMARTS) is 1. The predicted molar refractivity (Wildman–Crippen MR) is 110 cm³/mol. The lowest BCUT2D eigenvalue weighted by Gasteiger charge is -2.37. The van der Waals surface area contributed by atoms with Crippen molar-refractivity contribution in [1.82, 2.24) is 0 Å². The van der Waals surface area contributed by atoms with Gasteiger partial charge in [-0.05, 0) is 37.3 Å². The Bertz CT molecular complexity index is 1190. The first-order valence-corrected chi connectivity index (χ1v) is 9.32. The number of benzene rings is 2. The van der Waals surface area contributed by atoms with E-state index in [1.54, 1.807) is 55.5 Å². The molecular weight excluding hydrogens is 384 g/mol. The van der Waals surface area contributed by atoms with Crippen molar-refractivity contribution >= 4 is 23.3 Å². The second-order valence-corrected chi connectivity index (χ2v) is 7.77. The molecule has 1 spiro atoms. The van der Waals surface area contributed by atoms with Crippen LogP contribution in [0.2, 0.25) is 0 Å². The standard InChI is InChI=1S/C23H18N2O5/c1-22(21(27)28)8-6-14-15(7-9-22)23(30-20(14)26)16-4-2-12(24)10-18(16)29-19-11-13(25)3-5-17(19)23/h2-11H,24-25H2,1H3,(H,27,28)/t22-/m0/s1. The molecule has 0 saturated carbocycles. The Kier molecular flexibility index (Phi) is 3.47. The maximum Gasteiger partial charge on any atom is 0.340 e. The van der Waals surface area contributed by atoms with Crippen LogP contribution in [-0.4, -0.2) is 17.0 Å². The molecule has 3 aliphatic rings. The zero-order chi connectivity index (χ0) is 21.3. The van der Waals surface area contributed by atoms with Gasteiger partial charge in [0.1, 0.15) is 16.9 Å². The number of esters is 1. The maximum absolute atomic E-state index is 13.0. The Morgan fingerprint density at radius 3 is 2.10 bits per heavy atom. The molecule has 0 fully saturated rings. The molecule has 2 aromatic carbocycles. The van der Waals surface area contributed by atoms with E-state index < -0.39 is 23.0 Å². The molecule has 0 aromatic heterocycles. The van der Waals surface area contributed by atoms with Crippen LogP contribution in [0.5, 0.6) is 11.5 Å². The van der Waals surface area contributed by atoms with Crippen molar-refractivity contribution in [1.29, 1.82) is 0 Å². The zero-order valence-corrected chi connectivity index (χ0v) is 16.0. The minimum Gasteiger partial charge on any atom is -0.480 e. The number of carbonyl (C=O) groups excluding carboxylic acids is 1. The average molecular weight is 402 g/mol. The highest BCUT2D eigenvalue weighted by atomic mass is 16.6. The molecular formula is C23H18N2O5. The third kappa shape index (κ3) is 2.26. The molecule has 0 bridgehead atoms. The predicted octanol–water partition coefficient (Wildman–Crippen LogP) is 3.27. The van der Waals surface area contributed by atoms with Gasteiger partial charge in [-0.3, -0.25) is 4.79 Å². The Balaban J connectivity index is 1.83. The number of hydrogen-bond acceptors (Lipinski definition) is 6. The fourth-order valence-corrected chi connectivity index (χ4v) is 4.12. The molecule has 7 nitrogen and oxygen atoms in total. The Hall–Kier alpha value is -4.00. The summed E-state index contributed by atoms with van der Waals surface area (Å²) in [4.78, 5) is 24.8. The Labute approximate surface area is 171 Å². The van der Waals surface area contributed by atoms with Gasteiger partial charge in [0.2, 0.25) is 0 Å². The van der Waals surface area contributed by atoms with Gasteiger partial charge < -0.3 is 26.0 Å². The summed E-state index contributed by atoms with van der Waals surface area (Å²) in [5, 5.41) is 9.65. The molecule has 7 heteroatoms. The normalized spacial score (nSPS) is 22.6. The van der Waals surface area contributed by atoms with Crippen molar-refractivity contribution in [3.05, 3.63) is 83.0 Å². The number of fused-ring (bicyclic) bond motifs is 5. The van der Waals surface area contributed by atoms with Gasteiger partial charge in [0.25, 0.3) is 0 Å². The molecule has 2 aliphatic heterocycles.